The minimum Gasteiger partial charge on any atom is -0.396 e. The van der Waals surface area contributed by atoms with E-state index in [0.717, 1.165) is 12.0 Å². The summed E-state index contributed by atoms with van der Waals surface area (Å²) in [5.74, 6) is 0.453. The molecule has 102 valence electrons. The van der Waals surface area contributed by atoms with E-state index >= 15 is 0 Å². The smallest absolute Gasteiger partial charge is 0.150 e. The van der Waals surface area contributed by atoms with E-state index in [9.17, 15) is 13.5 Å². The van der Waals surface area contributed by atoms with Gasteiger partial charge in [-0.2, -0.15) is 0 Å². The standard InChI is InChI=1S/C14H22O3S/c1-2-9-18(16,17)10-8-14(12-15)11-13-6-4-3-5-7-13/h3-7,14-15H,2,8-12H2,1H3. The molecule has 1 atom stereocenters. The van der Waals surface area contributed by atoms with E-state index in [4.69, 9.17) is 0 Å². The number of hydrogen-bond donors (Lipinski definition) is 1. The Hall–Kier alpha value is -0.870. The number of hydrogen-bond acceptors (Lipinski definition) is 3. The lowest BCUT2D eigenvalue weighted by molar-refractivity contribution is 0.222. The monoisotopic (exact) mass is 270 g/mol. The van der Waals surface area contributed by atoms with E-state index in [1.165, 1.54) is 0 Å². The lowest BCUT2D eigenvalue weighted by Crippen LogP contribution is -2.17. The van der Waals surface area contributed by atoms with Gasteiger partial charge in [-0.05, 0) is 30.7 Å². The third kappa shape index (κ3) is 5.65. The highest BCUT2D eigenvalue weighted by molar-refractivity contribution is 7.91. The predicted molar refractivity (Wildman–Crippen MR) is 74.3 cm³/mol. The van der Waals surface area contributed by atoms with Crippen LogP contribution in [0.1, 0.15) is 25.3 Å². The topological polar surface area (TPSA) is 54.4 Å². The number of aliphatic hydroxyl groups excluding tert-OH is 1. The molecule has 1 aromatic carbocycles. The number of sulfone groups is 1. The number of aliphatic hydroxyl groups is 1. The second-order valence-electron chi connectivity index (χ2n) is 4.68. The van der Waals surface area contributed by atoms with Gasteiger partial charge in [0.25, 0.3) is 0 Å². The van der Waals surface area contributed by atoms with Gasteiger partial charge < -0.3 is 5.11 Å². The maximum absolute atomic E-state index is 11.6. The Morgan fingerprint density at radius 2 is 1.83 bits per heavy atom. The summed E-state index contributed by atoms with van der Waals surface area (Å²) in [4.78, 5) is 0. The van der Waals surface area contributed by atoms with Gasteiger partial charge in [-0.25, -0.2) is 8.42 Å². The van der Waals surface area contributed by atoms with E-state index in [0.29, 0.717) is 12.8 Å². The molecule has 0 spiro atoms. The summed E-state index contributed by atoms with van der Waals surface area (Å²) >= 11 is 0. The lowest BCUT2D eigenvalue weighted by atomic mass is 9.98. The summed E-state index contributed by atoms with van der Waals surface area (Å²) in [5.41, 5.74) is 1.14. The van der Waals surface area contributed by atoms with Crippen molar-refractivity contribution in [1.29, 1.82) is 0 Å². The number of rotatable bonds is 8. The molecule has 4 heteroatoms. The fraction of sp³-hybridized carbons (Fsp3) is 0.571. The zero-order valence-electron chi connectivity index (χ0n) is 10.9. The molecule has 1 rings (SSSR count). The van der Waals surface area contributed by atoms with Crippen molar-refractivity contribution in [2.45, 2.75) is 26.2 Å². The summed E-state index contributed by atoms with van der Waals surface area (Å²) in [7, 11) is -2.94. The maximum Gasteiger partial charge on any atom is 0.150 e. The highest BCUT2D eigenvalue weighted by atomic mass is 32.2. The van der Waals surface area contributed by atoms with Gasteiger partial charge in [0, 0.05) is 12.4 Å². The molecule has 1 aromatic rings. The van der Waals surface area contributed by atoms with E-state index < -0.39 is 9.84 Å². The van der Waals surface area contributed by atoms with Crippen LogP contribution in [0.4, 0.5) is 0 Å². The quantitative estimate of drug-likeness (QED) is 0.786. The van der Waals surface area contributed by atoms with E-state index in [-0.39, 0.29) is 24.0 Å². The highest BCUT2D eigenvalue weighted by Gasteiger charge is 2.15. The summed E-state index contributed by atoms with van der Waals surface area (Å²) in [6, 6.07) is 9.87. The SMILES string of the molecule is CCCS(=O)(=O)CCC(CO)Cc1ccccc1. The Morgan fingerprint density at radius 1 is 1.17 bits per heavy atom. The van der Waals surface area contributed by atoms with Gasteiger partial charge in [-0.1, -0.05) is 37.3 Å². The Balaban J connectivity index is 2.48. The molecule has 0 fully saturated rings. The van der Waals surface area contributed by atoms with Crippen LogP contribution in [0.2, 0.25) is 0 Å². The van der Waals surface area contributed by atoms with Gasteiger partial charge in [-0.3, -0.25) is 0 Å². The van der Waals surface area contributed by atoms with Crippen molar-refractivity contribution in [3.05, 3.63) is 35.9 Å². The number of benzene rings is 1. The first-order chi connectivity index (χ1) is 8.57. The molecule has 0 aromatic heterocycles. The molecule has 0 bridgehead atoms. The first-order valence-electron chi connectivity index (χ1n) is 6.42. The van der Waals surface area contributed by atoms with Crippen molar-refractivity contribution in [2.24, 2.45) is 5.92 Å². The molecule has 0 heterocycles. The highest BCUT2D eigenvalue weighted by Crippen LogP contribution is 2.13. The molecule has 0 saturated heterocycles. The van der Waals surface area contributed by atoms with Crippen LogP contribution in [-0.2, 0) is 16.3 Å². The van der Waals surface area contributed by atoms with Gasteiger partial charge in [-0.15, -0.1) is 0 Å². The fourth-order valence-electron chi connectivity index (χ4n) is 1.96. The Kier molecular flexibility index (Phi) is 6.36. The van der Waals surface area contributed by atoms with Crippen LogP contribution in [0.5, 0.6) is 0 Å². The largest absolute Gasteiger partial charge is 0.396 e. The molecule has 1 N–H and O–H groups in total. The molecule has 0 aliphatic heterocycles. The van der Waals surface area contributed by atoms with Crippen LogP contribution in [0.25, 0.3) is 0 Å². The van der Waals surface area contributed by atoms with Gasteiger partial charge in [0.2, 0.25) is 0 Å². The summed E-state index contributed by atoms with van der Waals surface area (Å²) in [6.45, 7) is 1.90. The second kappa shape index (κ2) is 7.54. The summed E-state index contributed by atoms with van der Waals surface area (Å²) in [6.07, 6.45) is 1.93. The van der Waals surface area contributed by atoms with Crippen LogP contribution in [0.15, 0.2) is 30.3 Å². The Bertz CT molecular complexity index is 426. The van der Waals surface area contributed by atoms with Gasteiger partial charge >= 0.3 is 0 Å². The molecular weight excluding hydrogens is 248 g/mol. The van der Waals surface area contributed by atoms with Gasteiger partial charge in [0.15, 0.2) is 0 Å². The van der Waals surface area contributed by atoms with Crippen molar-refractivity contribution in [3.63, 3.8) is 0 Å². The average molecular weight is 270 g/mol. The molecule has 0 radical (unpaired) electrons. The third-order valence-electron chi connectivity index (χ3n) is 2.98. The summed E-state index contributed by atoms with van der Waals surface area (Å²) in [5, 5.41) is 9.32. The second-order valence-corrected chi connectivity index (χ2v) is 6.98. The summed E-state index contributed by atoms with van der Waals surface area (Å²) < 4.78 is 23.2. The van der Waals surface area contributed by atoms with Gasteiger partial charge in [0.05, 0.1) is 5.75 Å². The van der Waals surface area contributed by atoms with Crippen molar-refractivity contribution in [1.82, 2.24) is 0 Å². The van der Waals surface area contributed by atoms with Crippen molar-refractivity contribution >= 4 is 9.84 Å². The van der Waals surface area contributed by atoms with Crippen molar-refractivity contribution < 1.29 is 13.5 Å². The van der Waals surface area contributed by atoms with Crippen molar-refractivity contribution in [3.8, 4) is 0 Å². The minimum absolute atomic E-state index is 0.0269. The van der Waals surface area contributed by atoms with Crippen LogP contribution in [0, 0.1) is 5.92 Å². The zero-order chi connectivity index (χ0) is 13.4. The van der Waals surface area contributed by atoms with Gasteiger partial charge in [0.1, 0.15) is 9.84 Å². The van der Waals surface area contributed by atoms with Crippen LogP contribution >= 0.6 is 0 Å². The first kappa shape index (κ1) is 15.2. The minimum atomic E-state index is -2.94. The van der Waals surface area contributed by atoms with Crippen molar-refractivity contribution in [2.75, 3.05) is 18.1 Å². The van der Waals surface area contributed by atoms with E-state index in [1.54, 1.807) is 0 Å². The Labute approximate surface area is 110 Å². The third-order valence-corrected chi connectivity index (χ3v) is 4.87. The molecule has 18 heavy (non-hydrogen) atoms. The molecule has 0 amide bonds. The van der Waals surface area contributed by atoms with Crippen LogP contribution in [-0.4, -0.2) is 31.6 Å². The zero-order valence-corrected chi connectivity index (χ0v) is 11.7. The Morgan fingerprint density at radius 3 is 2.39 bits per heavy atom. The van der Waals surface area contributed by atoms with E-state index in [2.05, 4.69) is 0 Å². The first-order valence-corrected chi connectivity index (χ1v) is 8.24. The van der Waals surface area contributed by atoms with E-state index in [1.807, 2.05) is 37.3 Å². The van der Waals surface area contributed by atoms with Crippen LogP contribution < -0.4 is 0 Å². The average Bonchev–Trinajstić information content (AvgIpc) is 2.35. The normalized spacial score (nSPS) is 13.4. The molecule has 0 aliphatic rings. The molecular formula is C14H22O3S. The molecule has 0 saturated carbocycles. The maximum atomic E-state index is 11.6. The van der Waals surface area contributed by atoms with Crippen LogP contribution in [0.3, 0.4) is 0 Å². The molecule has 1 unspecified atom stereocenters. The fourth-order valence-corrected chi connectivity index (χ4v) is 3.48. The predicted octanol–water partition coefficient (Wildman–Crippen LogP) is 2.05. The molecule has 3 nitrogen and oxygen atoms in total. The molecule has 0 aliphatic carbocycles. The lowest BCUT2D eigenvalue weighted by Gasteiger charge is -2.14.